The maximum absolute atomic E-state index is 8.95. The van der Waals surface area contributed by atoms with Gasteiger partial charge in [0.25, 0.3) is 0 Å². The molecule has 0 aliphatic carbocycles. The van der Waals surface area contributed by atoms with Crippen molar-refractivity contribution >= 4 is 21.6 Å². The quantitative estimate of drug-likeness (QED) is 0.656. The van der Waals surface area contributed by atoms with Gasteiger partial charge in [-0.05, 0) is 20.3 Å². The standard InChI is InChI=1S/C8H19NOS2/c1-4-7(9)5-11-12-8(2,3)6-10/h7,10H,4-6,9H2,1-3H3. The molecule has 0 aromatic heterocycles. The number of aliphatic hydroxyl groups is 1. The Bertz CT molecular complexity index is 120. The molecule has 0 saturated carbocycles. The summed E-state index contributed by atoms with van der Waals surface area (Å²) in [6, 6.07) is 0.289. The summed E-state index contributed by atoms with van der Waals surface area (Å²) in [4.78, 5) is 0. The first-order valence-electron chi connectivity index (χ1n) is 4.19. The molecule has 0 saturated heterocycles. The number of rotatable bonds is 6. The van der Waals surface area contributed by atoms with E-state index in [4.69, 9.17) is 10.8 Å². The average molecular weight is 209 g/mol. The highest BCUT2D eigenvalue weighted by Gasteiger charge is 2.17. The van der Waals surface area contributed by atoms with Crippen LogP contribution in [0.5, 0.6) is 0 Å². The van der Waals surface area contributed by atoms with Crippen LogP contribution in [-0.4, -0.2) is 28.3 Å². The molecule has 0 radical (unpaired) electrons. The van der Waals surface area contributed by atoms with E-state index in [0.717, 1.165) is 12.2 Å². The molecular weight excluding hydrogens is 190 g/mol. The Morgan fingerprint density at radius 2 is 2.08 bits per heavy atom. The molecule has 0 aliphatic heterocycles. The summed E-state index contributed by atoms with van der Waals surface area (Å²) in [5.74, 6) is 0.963. The van der Waals surface area contributed by atoms with Gasteiger partial charge in [0.05, 0.1) is 6.61 Å². The second kappa shape index (κ2) is 6.13. The van der Waals surface area contributed by atoms with Crippen LogP contribution in [0.4, 0.5) is 0 Å². The number of aliphatic hydroxyl groups excluding tert-OH is 1. The normalized spacial score (nSPS) is 14.8. The zero-order chi connectivity index (χ0) is 9.61. The molecule has 0 aliphatic rings. The van der Waals surface area contributed by atoms with Crippen LogP contribution < -0.4 is 5.73 Å². The molecule has 0 spiro atoms. The van der Waals surface area contributed by atoms with Gasteiger partial charge in [0, 0.05) is 16.5 Å². The van der Waals surface area contributed by atoms with Gasteiger partial charge in [-0.2, -0.15) is 0 Å². The molecule has 1 unspecified atom stereocenters. The van der Waals surface area contributed by atoms with Crippen LogP contribution in [0.15, 0.2) is 0 Å². The molecule has 0 amide bonds. The van der Waals surface area contributed by atoms with Crippen LogP contribution in [0.25, 0.3) is 0 Å². The topological polar surface area (TPSA) is 46.2 Å². The summed E-state index contributed by atoms with van der Waals surface area (Å²) >= 11 is 0. The third kappa shape index (κ3) is 6.17. The Morgan fingerprint density at radius 3 is 2.50 bits per heavy atom. The average Bonchev–Trinajstić information content (AvgIpc) is 2.04. The molecular formula is C8H19NOS2. The molecule has 12 heavy (non-hydrogen) atoms. The van der Waals surface area contributed by atoms with Crippen molar-refractivity contribution < 1.29 is 5.11 Å². The largest absolute Gasteiger partial charge is 0.395 e. The van der Waals surface area contributed by atoms with Crippen molar-refractivity contribution in [2.75, 3.05) is 12.4 Å². The van der Waals surface area contributed by atoms with E-state index in [0.29, 0.717) is 0 Å². The smallest absolute Gasteiger partial charge is 0.0581 e. The summed E-state index contributed by atoms with van der Waals surface area (Å²) in [7, 11) is 3.46. The van der Waals surface area contributed by atoms with Crippen LogP contribution in [-0.2, 0) is 0 Å². The lowest BCUT2D eigenvalue weighted by molar-refractivity contribution is 0.265. The summed E-state index contributed by atoms with van der Waals surface area (Å²) in [5.41, 5.74) is 5.75. The molecule has 0 fully saturated rings. The Balaban J connectivity index is 3.42. The van der Waals surface area contributed by atoms with E-state index in [2.05, 4.69) is 6.92 Å². The zero-order valence-corrected chi connectivity index (χ0v) is 9.67. The third-order valence-electron chi connectivity index (χ3n) is 1.47. The van der Waals surface area contributed by atoms with Crippen molar-refractivity contribution in [3.63, 3.8) is 0 Å². The van der Waals surface area contributed by atoms with Crippen molar-refractivity contribution in [1.82, 2.24) is 0 Å². The lowest BCUT2D eigenvalue weighted by Gasteiger charge is -2.20. The molecule has 0 heterocycles. The molecule has 0 aromatic carbocycles. The minimum Gasteiger partial charge on any atom is -0.395 e. The van der Waals surface area contributed by atoms with Gasteiger partial charge in [0.15, 0.2) is 0 Å². The molecule has 0 aromatic rings. The maximum atomic E-state index is 8.95. The fourth-order valence-electron chi connectivity index (χ4n) is 0.425. The van der Waals surface area contributed by atoms with E-state index in [1.807, 2.05) is 13.8 Å². The minimum atomic E-state index is -0.0435. The van der Waals surface area contributed by atoms with Crippen LogP contribution >= 0.6 is 21.6 Å². The van der Waals surface area contributed by atoms with Crippen LogP contribution in [0.3, 0.4) is 0 Å². The molecule has 2 nitrogen and oxygen atoms in total. The molecule has 4 heteroatoms. The van der Waals surface area contributed by atoms with Gasteiger partial charge in [0.1, 0.15) is 0 Å². The molecule has 1 atom stereocenters. The predicted molar refractivity (Wildman–Crippen MR) is 59.5 cm³/mol. The Morgan fingerprint density at radius 1 is 1.50 bits per heavy atom. The van der Waals surface area contributed by atoms with E-state index in [-0.39, 0.29) is 17.4 Å². The maximum Gasteiger partial charge on any atom is 0.0581 e. The van der Waals surface area contributed by atoms with Gasteiger partial charge < -0.3 is 10.8 Å². The molecule has 0 rings (SSSR count). The summed E-state index contributed by atoms with van der Waals surface area (Å²) in [6.45, 7) is 6.36. The number of nitrogens with two attached hydrogens (primary N) is 1. The predicted octanol–water partition coefficient (Wildman–Crippen LogP) is 1.88. The molecule has 74 valence electrons. The SMILES string of the molecule is CCC(N)CSSC(C)(C)CO. The lowest BCUT2D eigenvalue weighted by Crippen LogP contribution is -2.23. The van der Waals surface area contributed by atoms with E-state index in [1.165, 1.54) is 0 Å². The van der Waals surface area contributed by atoms with Gasteiger partial charge in [0.2, 0.25) is 0 Å². The second-order valence-corrected chi connectivity index (χ2v) is 6.50. The van der Waals surface area contributed by atoms with Crippen molar-refractivity contribution in [2.24, 2.45) is 5.73 Å². The fraction of sp³-hybridized carbons (Fsp3) is 1.00. The van der Waals surface area contributed by atoms with Crippen molar-refractivity contribution in [3.8, 4) is 0 Å². The van der Waals surface area contributed by atoms with Crippen LogP contribution in [0.1, 0.15) is 27.2 Å². The monoisotopic (exact) mass is 209 g/mol. The van der Waals surface area contributed by atoms with E-state index in [9.17, 15) is 0 Å². The Kier molecular flexibility index (Phi) is 6.45. The van der Waals surface area contributed by atoms with Gasteiger partial charge in [-0.25, -0.2) is 0 Å². The van der Waals surface area contributed by atoms with Crippen molar-refractivity contribution in [1.29, 1.82) is 0 Å². The van der Waals surface area contributed by atoms with Gasteiger partial charge in [-0.1, -0.05) is 28.5 Å². The summed E-state index contributed by atoms with van der Waals surface area (Å²) < 4.78 is -0.0435. The van der Waals surface area contributed by atoms with Gasteiger partial charge in [-0.15, -0.1) is 0 Å². The van der Waals surface area contributed by atoms with Gasteiger partial charge >= 0.3 is 0 Å². The van der Waals surface area contributed by atoms with Gasteiger partial charge in [-0.3, -0.25) is 0 Å². The molecule has 3 N–H and O–H groups in total. The highest BCUT2D eigenvalue weighted by molar-refractivity contribution is 8.77. The Hall–Kier alpha value is 0.620. The molecule has 0 bridgehead atoms. The highest BCUT2D eigenvalue weighted by Crippen LogP contribution is 2.35. The van der Waals surface area contributed by atoms with E-state index >= 15 is 0 Å². The van der Waals surface area contributed by atoms with E-state index in [1.54, 1.807) is 21.6 Å². The second-order valence-electron chi connectivity index (χ2n) is 3.45. The highest BCUT2D eigenvalue weighted by atomic mass is 33.1. The van der Waals surface area contributed by atoms with Crippen molar-refractivity contribution in [3.05, 3.63) is 0 Å². The summed E-state index contributed by atoms with van der Waals surface area (Å²) in [5, 5.41) is 8.95. The number of hydrogen-bond acceptors (Lipinski definition) is 4. The van der Waals surface area contributed by atoms with Crippen LogP contribution in [0, 0.1) is 0 Å². The van der Waals surface area contributed by atoms with E-state index < -0.39 is 0 Å². The zero-order valence-electron chi connectivity index (χ0n) is 8.04. The lowest BCUT2D eigenvalue weighted by atomic mass is 10.2. The first-order valence-corrected chi connectivity index (χ1v) is 6.51. The Labute approximate surface area is 83.1 Å². The minimum absolute atomic E-state index is 0.0435. The first-order chi connectivity index (χ1) is 5.52. The first kappa shape index (κ1) is 12.6. The summed E-state index contributed by atoms with van der Waals surface area (Å²) in [6.07, 6.45) is 1.02. The number of hydrogen-bond donors (Lipinski definition) is 2. The fourth-order valence-corrected chi connectivity index (χ4v) is 3.12. The van der Waals surface area contributed by atoms with Crippen molar-refractivity contribution in [2.45, 2.75) is 38.0 Å². The third-order valence-corrected chi connectivity index (χ3v) is 4.85. The van der Waals surface area contributed by atoms with Crippen LogP contribution in [0.2, 0.25) is 0 Å².